The van der Waals surface area contributed by atoms with Crippen molar-refractivity contribution >= 4 is 52.3 Å². The Morgan fingerprint density at radius 2 is 1.77 bits per heavy atom. The molecule has 31 heavy (non-hydrogen) atoms. The fourth-order valence-electron chi connectivity index (χ4n) is 4.41. The Morgan fingerprint density at radius 3 is 2.48 bits per heavy atom. The van der Waals surface area contributed by atoms with Gasteiger partial charge in [0.1, 0.15) is 11.0 Å². The zero-order valence-corrected chi connectivity index (χ0v) is 19.7. The van der Waals surface area contributed by atoms with Crippen LogP contribution in [0.15, 0.2) is 30.3 Å². The van der Waals surface area contributed by atoms with Gasteiger partial charge in [0.2, 0.25) is 5.95 Å². The average Bonchev–Trinajstić information content (AvgIpc) is 2.79. The quantitative estimate of drug-likeness (QED) is 0.471. The second-order valence-corrected chi connectivity index (χ2v) is 9.36. The van der Waals surface area contributed by atoms with Gasteiger partial charge in [0, 0.05) is 36.1 Å². The van der Waals surface area contributed by atoms with Gasteiger partial charge in [-0.2, -0.15) is 4.98 Å². The van der Waals surface area contributed by atoms with Crippen LogP contribution in [0.25, 0.3) is 0 Å². The van der Waals surface area contributed by atoms with Crippen molar-refractivity contribution in [3.63, 3.8) is 0 Å². The molecular weight excluding hydrogens is 453 g/mol. The molecule has 2 aromatic rings. The first-order valence-electron chi connectivity index (χ1n) is 10.7. The zero-order chi connectivity index (χ0) is 21.7. The molecule has 1 saturated heterocycles. The van der Waals surface area contributed by atoms with Crippen LogP contribution in [0.4, 0.5) is 11.8 Å². The Hall–Kier alpha value is -1.67. The van der Waals surface area contributed by atoms with Crippen LogP contribution in [-0.2, 0) is 10.2 Å². The molecule has 0 spiro atoms. The van der Waals surface area contributed by atoms with Crippen molar-refractivity contribution < 1.29 is 4.74 Å². The standard InChI is InChI=1S/C22H27Cl2N5OS/c23-17-6-4-16(5-7-17)22(8-2-1-3-9-22)15-25-21(31)28-20-26-18(24)14-19(27-20)29-10-12-30-13-11-29/h4-7,14H,1-3,8-13,15H2,(H2,25,26,27,28,31). The molecule has 2 heterocycles. The molecule has 1 aromatic heterocycles. The SMILES string of the molecule is S=C(NCC1(c2ccc(Cl)cc2)CCCCC1)Nc1nc(Cl)cc(N2CCOCC2)n1. The third kappa shape index (κ3) is 5.77. The van der Waals surface area contributed by atoms with E-state index >= 15 is 0 Å². The lowest BCUT2D eigenvalue weighted by Gasteiger charge is -2.38. The van der Waals surface area contributed by atoms with Gasteiger partial charge in [0.25, 0.3) is 0 Å². The molecule has 2 fully saturated rings. The summed E-state index contributed by atoms with van der Waals surface area (Å²) < 4.78 is 5.42. The Balaban J connectivity index is 1.43. The minimum atomic E-state index is 0.0444. The lowest BCUT2D eigenvalue weighted by Crippen LogP contribution is -2.43. The summed E-state index contributed by atoms with van der Waals surface area (Å²) in [6.45, 7) is 3.66. The Kier molecular flexibility index (Phi) is 7.48. The summed E-state index contributed by atoms with van der Waals surface area (Å²) in [7, 11) is 0. The van der Waals surface area contributed by atoms with E-state index in [-0.39, 0.29) is 5.41 Å². The first-order chi connectivity index (χ1) is 15.0. The molecule has 9 heteroatoms. The summed E-state index contributed by atoms with van der Waals surface area (Å²) in [4.78, 5) is 11.0. The highest BCUT2D eigenvalue weighted by molar-refractivity contribution is 7.80. The van der Waals surface area contributed by atoms with Crippen molar-refractivity contribution in [3.05, 3.63) is 46.1 Å². The van der Waals surface area contributed by atoms with Gasteiger partial charge in [-0.25, -0.2) is 4.98 Å². The lowest BCUT2D eigenvalue weighted by molar-refractivity contribution is 0.122. The highest BCUT2D eigenvalue weighted by Gasteiger charge is 2.34. The van der Waals surface area contributed by atoms with Crippen LogP contribution in [0.2, 0.25) is 10.2 Å². The smallest absolute Gasteiger partial charge is 0.232 e. The van der Waals surface area contributed by atoms with Crippen molar-refractivity contribution in [2.75, 3.05) is 43.1 Å². The topological polar surface area (TPSA) is 62.3 Å². The van der Waals surface area contributed by atoms with E-state index in [1.807, 2.05) is 12.1 Å². The van der Waals surface area contributed by atoms with Gasteiger partial charge >= 0.3 is 0 Å². The monoisotopic (exact) mass is 479 g/mol. The number of nitrogens with one attached hydrogen (secondary N) is 2. The van der Waals surface area contributed by atoms with Gasteiger partial charge in [0.05, 0.1) is 13.2 Å². The normalized spacial score (nSPS) is 18.5. The molecule has 2 aliphatic rings. The molecule has 2 N–H and O–H groups in total. The predicted octanol–water partition coefficient (Wildman–Crippen LogP) is 4.81. The van der Waals surface area contributed by atoms with Crippen molar-refractivity contribution in [1.82, 2.24) is 15.3 Å². The molecule has 0 bridgehead atoms. The van der Waals surface area contributed by atoms with Gasteiger partial charge in [-0.3, -0.25) is 0 Å². The number of benzene rings is 1. The molecule has 0 unspecified atom stereocenters. The van der Waals surface area contributed by atoms with Crippen molar-refractivity contribution in [2.45, 2.75) is 37.5 Å². The maximum atomic E-state index is 6.24. The molecule has 6 nitrogen and oxygen atoms in total. The summed E-state index contributed by atoms with van der Waals surface area (Å²) in [6.07, 6.45) is 5.95. The van der Waals surface area contributed by atoms with Crippen LogP contribution in [0.3, 0.4) is 0 Å². The van der Waals surface area contributed by atoms with Crippen molar-refractivity contribution in [2.24, 2.45) is 0 Å². The number of aromatic nitrogens is 2. The summed E-state index contributed by atoms with van der Waals surface area (Å²) >= 11 is 17.9. The van der Waals surface area contributed by atoms with Crippen LogP contribution in [0.5, 0.6) is 0 Å². The third-order valence-corrected chi connectivity index (χ3v) is 6.79. The molecule has 0 amide bonds. The largest absolute Gasteiger partial charge is 0.378 e. The summed E-state index contributed by atoms with van der Waals surface area (Å²) in [5, 5.41) is 8.15. The van der Waals surface area contributed by atoms with Crippen LogP contribution in [-0.4, -0.2) is 47.9 Å². The Morgan fingerprint density at radius 1 is 1.06 bits per heavy atom. The van der Waals surface area contributed by atoms with Gasteiger partial charge in [-0.1, -0.05) is 54.6 Å². The van der Waals surface area contributed by atoms with Gasteiger partial charge in [0.15, 0.2) is 5.11 Å². The molecule has 4 rings (SSSR count). The minimum Gasteiger partial charge on any atom is -0.378 e. The summed E-state index contributed by atoms with van der Waals surface area (Å²) in [5.41, 5.74) is 1.35. The summed E-state index contributed by atoms with van der Waals surface area (Å²) in [5.74, 6) is 1.18. The predicted molar refractivity (Wildman–Crippen MR) is 131 cm³/mol. The number of hydrogen-bond donors (Lipinski definition) is 2. The van der Waals surface area contributed by atoms with E-state index in [1.165, 1.54) is 24.8 Å². The van der Waals surface area contributed by atoms with Gasteiger partial charge < -0.3 is 20.3 Å². The number of ether oxygens (including phenoxy) is 1. The van der Waals surface area contributed by atoms with E-state index in [0.717, 1.165) is 43.3 Å². The van der Waals surface area contributed by atoms with E-state index < -0.39 is 0 Å². The van der Waals surface area contributed by atoms with E-state index in [4.69, 9.17) is 40.2 Å². The average molecular weight is 480 g/mol. The second-order valence-electron chi connectivity index (χ2n) is 8.13. The van der Waals surface area contributed by atoms with Crippen molar-refractivity contribution in [3.8, 4) is 0 Å². The fourth-order valence-corrected chi connectivity index (χ4v) is 4.88. The van der Waals surface area contributed by atoms with Gasteiger partial charge in [-0.05, 0) is 42.8 Å². The first-order valence-corrected chi connectivity index (χ1v) is 11.9. The highest BCUT2D eigenvalue weighted by Crippen LogP contribution is 2.39. The van der Waals surface area contributed by atoms with Gasteiger partial charge in [-0.15, -0.1) is 0 Å². The van der Waals surface area contributed by atoms with Crippen LogP contribution < -0.4 is 15.5 Å². The second kappa shape index (κ2) is 10.3. The van der Waals surface area contributed by atoms with Crippen LogP contribution in [0, 0.1) is 0 Å². The Labute approximate surface area is 198 Å². The molecule has 1 aliphatic carbocycles. The number of morpholine rings is 1. The number of rotatable bonds is 5. The Bertz CT molecular complexity index is 899. The van der Waals surface area contributed by atoms with Crippen LogP contribution >= 0.6 is 35.4 Å². The third-order valence-electron chi connectivity index (χ3n) is 6.10. The van der Waals surface area contributed by atoms with E-state index in [9.17, 15) is 0 Å². The lowest BCUT2D eigenvalue weighted by atomic mass is 9.69. The minimum absolute atomic E-state index is 0.0444. The first kappa shape index (κ1) is 22.5. The molecular formula is C22H27Cl2N5OS. The molecule has 0 atom stereocenters. The summed E-state index contributed by atoms with van der Waals surface area (Å²) in [6, 6.07) is 9.99. The molecule has 1 aliphatic heterocycles. The number of hydrogen-bond acceptors (Lipinski definition) is 5. The molecule has 166 valence electrons. The molecule has 1 saturated carbocycles. The molecule has 1 aromatic carbocycles. The molecule has 0 radical (unpaired) electrons. The van der Waals surface area contributed by atoms with E-state index in [0.29, 0.717) is 29.4 Å². The fraction of sp³-hybridized carbons (Fsp3) is 0.500. The number of thiocarbonyl (C=S) groups is 1. The number of anilines is 2. The number of nitrogens with zero attached hydrogens (tertiary/aromatic N) is 3. The number of halogens is 2. The van der Waals surface area contributed by atoms with E-state index in [1.54, 1.807) is 6.07 Å². The van der Waals surface area contributed by atoms with Crippen molar-refractivity contribution in [1.29, 1.82) is 0 Å². The zero-order valence-electron chi connectivity index (χ0n) is 17.4. The maximum Gasteiger partial charge on any atom is 0.232 e. The highest BCUT2D eigenvalue weighted by atomic mass is 35.5. The maximum absolute atomic E-state index is 6.24. The van der Waals surface area contributed by atoms with Crippen LogP contribution in [0.1, 0.15) is 37.7 Å². The van der Waals surface area contributed by atoms with E-state index in [2.05, 4.69) is 37.6 Å².